The Balaban J connectivity index is 1.69. The molecule has 1 saturated heterocycles. The van der Waals surface area contributed by atoms with Gasteiger partial charge in [0.05, 0.1) is 6.04 Å². The molecule has 3 rings (SSSR count). The van der Waals surface area contributed by atoms with Crippen LogP contribution in [0.25, 0.3) is 0 Å². The van der Waals surface area contributed by atoms with Crippen molar-refractivity contribution in [3.05, 3.63) is 65.5 Å². The van der Waals surface area contributed by atoms with Gasteiger partial charge < -0.3 is 15.5 Å². The topological polar surface area (TPSA) is 61.4 Å². The Morgan fingerprint density at radius 2 is 1.74 bits per heavy atom. The predicted octanol–water partition coefficient (Wildman–Crippen LogP) is 4.33. The Hall–Kier alpha value is -2.89. The fourth-order valence-electron chi connectivity index (χ4n) is 3.33. The molecule has 0 spiro atoms. The van der Waals surface area contributed by atoms with Crippen LogP contribution in [0, 0.1) is 5.82 Å². The summed E-state index contributed by atoms with van der Waals surface area (Å²) in [5.41, 5.74) is 2.14. The van der Waals surface area contributed by atoms with Crippen molar-refractivity contribution in [1.82, 2.24) is 10.2 Å². The summed E-state index contributed by atoms with van der Waals surface area (Å²) in [5, 5.41) is 5.49. The monoisotopic (exact) mass is 369 g/mol. The quantitative estimate of drug-likeness (QED) is 0.842. The van der Waals surface area contributed by atoms with Crippen molar-refractivity contribution in [2.45, 2.75) is 38.8 Å². The van der Waals surface area contributed by atoms with Crippen molar-refractivity contribution >= 4 is 17.6 Å². The van der Waals surface area contributed by atoms with Gasteiger partial charge in [-0.1, -0.05) is 12.1 Å². The molecule has 0 bridgehead atoms. The minimum absolute atomic E-state index is 0.0345. The lowest BCUT2D eigenvalue weighted by atomic mass is 10.0. The van der Waals surface area contributed by atoms with Crippen LogP contribution in [0.2, 0.25) is 0 Å². The van der Waals surface area contributed by atoms with Gasteiger partial charge in [-0.05, 0) is 68.7 Å². The first-order valence-electron chi connectivity index (χ1n) is 9.18. The molecule has 1 fully saturated rings. The third-order valence-corrected chi connectivity index (χ3v) is 4.58. The molecule has 1 aliphatic rings. The van der Waals surface area contributed by atoms with E-state index in [-0.39, 0.29) is 29.8 Å². The van der Waals surface area contributed by atoms with Gasteiger partial charge in [0.1, 0.15) is 5.82 Å². The third kappa shape index (κ3) is 4.64. The van der Waals surface area contributed by atoms with Gasteiger partial charge in [-0.15, -0.1) is 0 Å². The number of hydrogen-bond donors (Lipinski definition) is 2. The second-order valence-electron chi connectivity index (χ2n) is 7.04. The van der Waals surface area contributed by atoms with Crippen LogP contribution in [-0.2, 0) is 0 Å². The van der Waals surface area contributed by atoms with E-state index in [9.17, 15) is 14.0 Å². The number of nitrogens with one attached hydrogen (secondary N) is 2. The third-order valence-electron chi connectivity index (χ3n) is 4.58. The summed E-state index contributed by atoms with van der Waals surface area (Å²) in [6.07, 6.45) is 1.79. The summed E-state index contributed by atoms with van der Waals surface area (Å²) in [6.45, 7) is 4.45. The van der Waals surface area contributed by atoms with Crippen LogP contribution in [0.5, 0.6) is 0 Å². The molecular weight excluding hydrogens is 345 g/mol. The smallest absolute Gasteiger partial charge is 0.319 e. The summed E-state index contributed by atoms with van der Waals surface area (Å²) in [5.74, 6) is -0.334. The number of urea groups is 1. The number of rotatable bonds is 4. The second kappa shape index (κ2) is 8.20. The zero-order valence-corrected chi connectivity index (χ0v) is 15.5. The van der Waals surface area contributed by atoms with Crippen molar-refractivity contribution in [3.63, 3.8) is 0 Å². The highest BCUT2D eigenvalue weighted by atomic mass is 19.1. The maximum absolute atomic E-state index is 13.2. The first kappa shape index (κ1) is 18.9. The van der Waals surface area contributed by atoms with E-state index in [1.165, 1.54) is 12.1 Å². The molecule has 5 nitrogen and oxygen atoms in total. The highest BCUT2D eigenvalue weighted by Gasteiger charge is 2.30. The molecule has 1 unspecified atom stereocenters. The number of nitrogens with zero attached hydrogens (tertiary/aromatic N) is 1. The van der Waals surface area contributed by atoms with E-state index in [1.54, 1.807) is 36.4 Å². The number of carbonyl (C=O) groups excluding carboxylic acids is 2. The van der Waals surface area contributed by atoms with E-state index in [4.69, 9.17) is 0 Å². The number of halogens is 1. The molecule has 2 aromatic carbocycles. The highest BCUT2D eigenvalue weighted by Crippen LogP contribution is 2.33. The standard InChI is InChI=1S/C21H24FN3O2/c1-14(2)23-21(27)24-18-11-7-16(8-12-18)20(26)25-13-3-4-19(25)15-5-9-17(22)10-6-15/h5-12,14,19H,3-4,13H2,1-2H3,(H2,23,24,27). The lowest BCUT2D eigenvalue weighted by Gasteiger charge is -2.25. The van der Waals surface area contributed by atoms with Crippen molar-refractivity contribution in [3.8, 4) is 0 Å². The molecule has 0 aliphatic carbocycles. The van der Waals surface area contributed by atoms with E-state index < -0.39 is 0 Å². The van der Waals surface area contributed by atoms with Gasteiger partial charge in [0.25, 0.3) is 5.91 Å². The van der Waals surface area contributed by atoms with Crippen molar-refractivity contribution in [2.75, 3.05) is 11.9 Å². The number of likely N-dealkylation sites (tertiary alicyclic amines) is 1. The minimum atomic E-state index is -0.279. The SMILES string of the molecule is CC(C)NC(=O)Nc1ccc(C(=O)N2CCCC2c2ccc(F)cc2)cc1. The average Bonchev–Trinajstić information content (AvgIpc) is 3.11. The summed E-state index contributed by atoms with van der Waals surface area (Å²) in [7, 11) is 0. The van der Waals surface area contributed by atoms with Crippen molar-refractivity contribution < 1.29 is 14.0 Å². The van der Waals surface area contributed by atoms with Crippen LogP contribution in [0.3, 0.4) is 0 Å². The van der Waals surface area contributed by atoms with E-state index in [0.717, 1.165) is 18.4 Å². The fraction of sp³-hybridized carbons (Fsp3) is 0.333. The van der Waals surface area contributed by atoms with Crippen LogP contribution in [0.15, 0.2) is 48.5 Å². The van der Waals surface area contributed by atoms with Gasteiger partial charge >= 0.3 is 6.03 Å². The van der Waals surface area contributed by atoms with E-state index >= 15 is 0 Å². The minimum Gasteiger partial charge on any atom is -0.336 e. The summed E-state index contributed by atoms with van der Waals surface area (Å²) in [4.78, 5) is 26.5. The Morgan fingerprint density at radius 3 is 2.37 bits per heavy atom. The van der Waals surface area contributed by atoms with Gasteiger partial charge in [-0.3, -0.25) is 4.79 Å². The molecule has 1 heterocycles. The number of benzene rings is 2. The zero-order valence-electron chi connectivity index (χ0n) is 15.5. The molecule has 1 atom stereocenters. The Bertz CT molecular complexity index is 803. The number of carbonyl (C=O) groups is 2. The first-order valence-corrected chi connectivity index (χ1v) is 9.18. The zero-order chi connectivity index (χ0) is 19.4. The molecule has 2 aromatic rings. The molecule has 2 N–H and O–H groups in total. The maximum atomic E-state index is 13.2. The summed E-state index contributed by atoms with van der Waals surface area (Å²) in [6, 6.07) is 12.9. The number of amides is 3. The van der Waals surface area contributed by atoms with Gasteiger partial charge in [0, 0.05) is 23.8 Å². The molecule has 0 radical (unpaired) electrons. The van der Waals surface area contributed by atoms with Crippen molar-refractivity contribution in [1.29, 1.82) is 0 Å². The lowest BCUT2D eigenvalue weighted by Crippen LogP contribution is -2.34. The largest absolute Gasteiger partial charge is 0.336 e. The van der Waals surface area contributed by atoms with E-state index in [2.05, 4.69) is 10.6 Å². The summed E-state index contributed by atoms with van der Waals surface area (Å²) < 4.78 is 13.2. The lowest BCUT2D eigenvalue weighted by molar-refractivity contribution is 0.0735. The van der Waals surface area contributed by atoms with Crippen molar-refractivity contribution in [2.24, 2.45) is 0 Å². The molecule has 3 amide bonds. The Kier molecular flexibility index (Phi) is 5.74. The Labute approximate surface area is 158 Å². The van der Waals surface area contributed by atoms with E-state index in [1.807, 2.05) is 18.7 Å². The Morgan fingerprint density at radius 1 is 1.07 bits per heavy atom. The highest BCUT2D eigenvalue weighted by molar-refractivity contribution is 5.96. The van der Waals surface area contributed by atoms with Gasteiger partial charge in [-0.2, -0.15) is 0 Å². The van der Waals surface area contributed by atoms with Crippen LogP contribution in [0.4, 0.5) is 14.9 Å². The van der Waals surface area contributed by atoms with Gasteiger partial charge in [0.15, 0.2) is 0 Å². The second-order valence-corrected chi connectivity index (χ2v) is 7.04. The van der Waals surface area contributed by atoms with E-state index in [0.29, 0.717) is 17.8 Å². The molecule has 1 aliphatic heterocycles. The summed E-state index contributed by atoms with van der Waals surface area (Å²) >= 11 is 0. The van der Waals surface area contributed by atoms with Crippen LogP contribution >= 0.6 is 0 Å². The normalized spacial score (nSPS) is 16.4. The molecule has 0 aromatic heterocycles. The number of hydrogen-bond acceptors (Lipinski definition) is 2. The van der Waals surface area contributed by atoms with Gasteiger partial charge in [-0.25, -0.2) is 9.18 Å². The van der Waals surface area contributed by atoms with Crippen LogP contribution in [-0.4, -0.2) is 29.4 Å². The maximum Gasteiger partial charge on any atom is 0.319 e. The molecular formula is C21H24FN3O2. The predicted molar refractivity (Wildman–Crippen MR) is 103 cm³/mol. The number of anilines is 1. The van der Waals surface area contributed by atoms with Gasteiger partial charge in [0.2, 0.25) is 0 Å². The fourth-order valence-corrected chi connectivity index (χ4v) is 3.33. The average molecular weight is 369 g/mol. The van der Waals surface area contributed by atoms with Crippen LogP contribution < -0.4 is 10.6 Å². The molecule has 0 saturated carbocycles. The molecule has 142 valence electrons. The molecule has 6 heteroatoms. The molecule has 27 heavy (non-hydrogen) atoms. The van der Waals surface area contributed by atoms with Crippen LogP contribution in [0.1, 0.15) is 48.7 Å². The first-order chi connectivity index (χ1) is 12.9.